The van der Waals surface area contributed by atoms with Crippen molar-refractivity contribution in [2.24, 2.45) is 0 Å². The maximum atomic E-state index is 14.9. The van der Waals surface area contributed by atoms with Crippen LogP contribution in [0.1, 0.15) is 24.2 Å². The van der Waals surface area contributed by atoms with E-state index >= 15 is 0 Å². The summed E-state index contributed by atoms with van der Waals surface area (Å²) in [5.74, 6) is 0.250. The number of halogens is 2. The lowest BCUT2D eigenvalue weighted by molar-refractivity contribution is 0.0731. The van der Waals surface area contributed by atoms with Gasteiger partial charge in [-0.1, -0.05) is 12.1 Å². The van der Waals surface area contributed by atoms with Crippen molar-refractivity contribution in [2.75, 3.05) is 65.1 Å². The van der Waals surface area contributed by atoms with Gasteiger partial charge in [-0.15, -0.1) is 0 Å². The Balaban J connectivity index is 1.22. The van der Waals surface area contributed by atoms with Gasteiger partial charge in [-0.25, -0.2) is 12.3 Å². The van der Waals surface area contributed by atoms with Gasteiger partial charge in [0.1, 0.15) is 40.0 Å². The first-order valence-corrected chi connectivity index (χ1v) is 18.6. The quantitative estimate of drug-likeness (QED) is 0.0133. The lowest BCUT2D eigenvalue weighted by Gasteiger charge is -2.21. The van der Waals surface area contributed by atoms with Crippen molar-refractivity contribution in [1.29, 1.82) is 0 Å². The lowest BCUT2D eigenvalue weighted by atomic mass is 10.0. The SMILES string of the molecule is COc1cc(NCOc2cc(NNc3ccc(N(C)C)cc3OC(C)C)cc(F)c2N)ccc1C(=O)Oc1ccc(-c2ccc(N([O-])I=O)cc2)c(OC)c1. The molecule has 0 unspecified atom stereocenters. The highest BCUT2D eigenvalue weighted by atomic mass is 127. The summed E-state index contributed by atoms with van der Waals surface area (Å²) in [6.07, 6.45) is -0.0673. The molecule has 290 valence electrons. The second-order valence-corrected chi connectivity index (χ2v) is 13.6. The summed E-state index contributed by atoms with van der Waals surface area (Å²) in [5, 5.41) is 14.7. The summed E-state index contributed by atoms with van der Waals surface area (Å²) < 4.78 is 54.8. The molecule has 0 heterocycles. The molecule has 5 aromatic carbocycles. The van der Waals surface area contributed by atoms with Gasteiger partial charge in [-0.05, 0) is 67.9 Å². The number of ether oxygens (including phenoxy) is 5. The van der Waals surface area contributed by atoms with Crippen LogP contribution in [-0.2, 0) is 3.07 Å². The van der Waals surface area contributed by atoms with Crippen molar-refractivity contribution >= 4 is 61.6 Å². The van der Waals surface area contributed by atoms with Crippen LogP contribution in [0.5, 0.6) is 28.7 Å². The molecule has 0 aliphatic carbocycles. The summed E-state index contributed by atoms with van der Waals surface area (Å²) in [6.45, 7) is 3.76. The largest absolute Gasteiger partial charge is 0.748 e. The van der Waals surface area contributed by atoms with Gasteiger partial charge in [-0.2, -0.15) is 0 Å². The lowest BCUT2D eigenvalue weighted by Crippen LogP contribution is -2.15. The van der Waals surface area contributed by atoms with Crippen LogP contribution in [0.2, 0.25) is 0 Å². The van der Waals surface area contributed by atoms with Crippen LogP contribution >= 0.6 is 21.5 Å². The molecule has 0 spiro atoms. The van der Waals surface area contributed by atoms with E-state index in [0.717, 1.165) is 11.3 Å². The van der Waals surface area contributed by atoms with Crippen molar-refractivity contribution in [1.82, 2.24) is 0 Å². The summed E-state index contributed by atoms with van der Waals surface area (Å²) in [7, 11) is 6.78. The third kappa shape index (κ3) is 10.2. The van der Waals surface area contributed by atoms with Crippen LogP contribution in [0.25, 0.3) is 11.1 Å². The normalized spacial score (nSPS) is 10.7. The van der Waals surface area contributed by atoms with E-state index in [1.165, 1.54) is 26.4 Å². The number of benzene rings is 5. The minimum atomic E-state index is -1.86. The predicted octanol–water partition coefficient (Wildman–Crippen LogP) is 8.59. The number of hydrogen-bond donors (Lipinski definition) is 4. The number of nitrogens with one attached hydrogen (secondary N) is 3. The van der Waals surface area contributed by atoms with E-state index in [0.29, 0.717) is 43.1 Å². The molecule has 0 aliphatic heterocycles. The van der Waals surface area contributed by atoms with Crippen molar-refractivity contribution in [3.05, 3.63) is 108 Å². The molecule has 5 N–H and O–H groups in total. The van der Waals surface area contributed by atoms with E-state index in [-0.39, 0.29) is 41.3 Å². The maximum absolute atomic E-state index is 14.9. The molecule has 0 bridgehead atoms. The second-order valence-electron chi connectivity index (χ2n) is 12.4. The van der Waals surface area contributed by atoms with Crippen LogP contribution in [0, 0.1) is 11.0 Å². The second kappa shape index (κ2) is 18.4. The Morgan fingerprint density at radius 3 is 2.22 bits per heavy atom. The Hall–Kier alpha value is -6.01. The van der Waals surface area contributed by atoms with E-state index in [1.54, 1.807) is 60.7 Å². The summed E-state index contributed by atoms with van der Waals surface area (Å²) in [5.41, 5.74) is 16.3. The minimum absolute atomic E-state index is 0.0673. The van der Waals surface area contributed by atoms with E-state index in [2.05, 4.69) is 16.2 Å². The number of carbonyl (C=O) groups is 1. The first kappa shape index (κ1) is 40.2. The molecular weight excluding hydrogens is 826 g/mol. The zero-order valence-electron chi connectivity index (χ0n) is 30.9. The Morgan fingerprint density at radius 1 is 0.836 bits per heavy atom. The molecule has 16 heteroatoms. The molecule has 0 aliphatic rings. The van der Waals surface area contributed by atoms with Gasteiger partial charge in [0.2, 0.25) is 0 Å². The number of methoxy groups -OCH3 is 2. The Kier molecular flexibility index (Phi) is 13.4. The molecule has 55 heavy (non-hydrogen) atoms. The topological polar surface area (TPSA) is 172 Å². The Morgan fingerprint density at radius 2 is 1.55 bits per heavy atom. The van der Waals surface area contributed by atoms with Gasteiger partial charge in [0.05, 0.1) is 31.7 Å². The monoisotopic (exact) mass is 867 g/mol. The number of rotatable bonds is 17. The number of nitrogens with zero attached hydrogens (tertiary/aromatic N) is 2. The Bertz CT molecular complexity index is 2140. The molecule has 0 aromatic heterocycles. The molecule has 0 fully saturated rings. The smallest absolute Gasteiger partial charge is 0.347 e. The third-order valence-electron chi connectivity index (χ3n) is 8.03. The zero-order valence-corrected chi connectivity index (χ0v) is 33.1. The maximum Gasteiger partial charge on any atom is 0.347 e. The van der Waals surface area contributed by atoms with Crippen LogP contribution in [-0.4, -0.2) is 47.1 Å². The van der Waals surface area contributed by atoms with Gasteiger partial charge in [0.15, 0.2) is 12.5 Å². The molecule has 5 rings (SSSR count). The number of hydrogen-bond acceptors (Lipinski definition) is 13. The minimum Gasteiger partial charge on any atom is -0.748 e. The number of nitrogens with two attached hydrogens (primary N) is 1. The highest BCUT2D eigenvalue weighted by Gasteiger charge is 2.18. The van der Waals surface area contributed by atoms with Gasteiger partial charge in [0, 0.05) is 67.1 Å². The number of hydrazine groups is 1. The van der Waals surface area contributed by atoms with E-state index in [9.17, 15) is 17.5 Å². The van der Waals surface area contributed by atoms with Crippen molar-refractivity contribution in [3.63, 3.8) is 0 Å². The first-order valence-electron chi connectivity index (χ1n) is 16.8. The molecule has 5 aromatic rings. The molecule has 0 saturated heterocycles. The number of esters is 1. The van der Waals surface area contributed by atoms with Crippen LogP contribution in [0.15, 0.2) is 91.0 Å². The van der Waals surface area contributed by atoms with Crippen molar-refractivity contribution in [2.45, 2.75) is 20.0 Å². The van der Waals surface area contributed by atoms with Crippen molar-refractivity contribution < 1.29 is 35.9 Å². The molecule has 0 saturated carbocycles. The molecule has 0 atom stereocenters. The first-order chi connectivity index (χ1) is 26.4. The fourth-order valence-corrected chi connectivity index (χ4v) is 5.82. The van der Waals surface area contributed by atoms with Gasteiger partial charge in [-0.3, -0.25) is 5.43 Å². The standard InChI is InChI=1S/C39H41FIN6O8/c1-23(2)54-36-20-28(46(3)4)12-16-33(36)45-44-26-17-32(40)38(42)37(19-26)53-22-43-25-9-14-31(34(18-25)51-5)39(48)55-29-13-15-30(35(21-29)52-6)24-7-10-27(11-8-24)47(50)41-49/h7-21,23,43-45H,22,42H2,1-6H3/q-1. The van der Waals surface area contributed by atoms with Gasteiger partial charge in [0.25, 0.3) is 21.5 Å². The molecule has 0 amide bonds. The summed E-state index contributed by atoms with van der Waals surface area (Å²) in [6, 6.07) is 24.7. The average molecular weight is 868 g/mol. The molecule has 0 radical (unpaired) electrons. The fourth-order valence-electron chi connectivity index (χ4n) is 5.27. The van der Waals surface area contributed by atoms with E-state index in [4.69, 9.17) is 29.4 Å². The fraction of sp³-hybridized carbons (Fsp3) is 0.205. The van der Waals surface area contributed by atoms with E-state index < -0.39 is 33.3 Å². The van der Waals surface area contributed by atoms with Crippen LogP contribution in [0.3, 0.4) is 0 Å². The average Bonchev–Trinajstić information content (AvgIpc) is 3.18. The highest BCUT2D eigenvalue weighted by molar-refractivity contribution is 14.1. The van der Waals surface area contributed by atoms with Crippen LogP contribution < -0.4 is 53.8 Å². The third-order valence-corrected chi connectivity index (χ3v) is 8.95. The summed E-state index contributed by atoms with van der Waals surface area (Å²) >= 11 is -1.86. The summed E-state index contributed by atoms with van der Waals surface area (Å²) in [4.78, 5) is 15.2. The number of anilines is 6. The number of carbonyl (C=O) groups excluding carboxylic acids is 1. The van der Waals surface area contributed by atoms with E-state index in [1.807, 2.05) is 51.0 Å². The zero-order chi connectivity index (χ0) is 39.6. The predicted molar refractivity (Wildman–Crippen MR) is 221 cm³/mol. The van der Waals surface area contributed by atoms with Crippen LogP contribution in [0.4, 0.5) is 38.5 Å². The number of nitrogen functional groups attached to an aromatic ring is 1. The van der Waals surface area contributed by atoms with Gasteiger partial charge >= 0.3 is 5.97 Å². The Labute approximate surface area is 328 Å². The highest BCUT2D eigenvalue weighted by Crippen LogP contribution is 2.36. The molecule has 14 nitrogen and oxygen atoms in total. The van der Waals surface area contributed by atoms with Crippen molar-refractivity contribution in [3.8, 4) is 39.9 Å². The molecular formula is C39H41FIN6O8-. The van der Waals surface area contributed by atoms with Gasteiger partial charge < -0.3 is 53.5 Å².